The van der Waals surface area contributed by atoms with Gasteiger partial charge in [-0.15, -0.1) is 0 Å². The lowest BCUT2D eigenvalue weighted by atomic mass is 9.99. The number of para-hydroxylation sites is 1. The molecule has 1 saturated heterocycles. The summed E-state index contributed by atoms with van der Waals surface area (Å²) in [7, 11) is 0. The molecule has 1 saturated carbocycles. The van der Waals surface area contributed by atoms with Crippen molar-refractivity contribution >= 4 is 17.5 Å². The summed E-state index contributed by atoms with van der Waals surface area (Å²) in [6, 6.07) is 15.7. The van der Waals surface area contributed by atoms with Crippen molar-refractivity contribution < 1.29 is 14.3 Å². The van der Waals surface area contributed by atoms with E-state index in [1.54, 1.807) is 6.07 Å². The molecule has 0 bridgehead atoms. The van der Waals surface area contributed by atoms with Gasteiger partial charge in [-0.2, -0.15) is 0 Å². The number of anilines is 1. The molecule has 32 heavy (non-hydrogen) atoms. The van der Waals surface area contributed by atoms with Crippen LogP contribution in [0.15, 0.2) is 48.5 Å². The molecule has 1 spiro atoms. The van der Waals surface area contributed by atoms with Crippen molar-refractivity contribution in [1.82, 2.24) is 4.90 Å². The standard InChI is InChI=1S/C26H31N3O3/c27-24(30)21-10-5-6-19(14-21)15-28-13-12-26(17-28)18-29(25(31)20-7-1-2-8-20)23-11-4-3-9-22(23)16-32-26/h3-6,9-11,14,20H,1-2,7-8,12-13,15-18H2,(H2,27,30). The maximum Gasteiger partial charge on any atom is 0.248 e. The van der Waals surface area contributed by atoms with Crippen LogP contribution in [0.25, 0.3) is 0 Å². The Balaban J connectivity index is 1.36. The second-order valence-corrected chi connectivity index (χ2v) is 9.53. The highest BCUT2D eigenvalue weighted by Gasteiger charge is 2.45. The van der Waals surface area contributed by atoms with E-state index in [-0.39, 0.29) is 17.4 Å². The number of rotatable bonds is 4. The van der Waals surface area contributed by atoms with Gasteiger partial charge in [-0.3, -0.25) is 14.5 Å². The number of benzene rings is 2. The zero-order valence-electron chi connectivity index (χ0n) is 18.5. The second kappa shape index (κ2) is 8.68. The fourth-order valence-corrected chi connectivity index (χ4v) is 5.53. The fourth-order valence-electron chi connectivity index (χ4n) is 5.53. The number of carbonyl (C=O) groups excluding carboxylic acids is 2. The van der Waals surface area contributed by atoms with Crippen molar-refractivity contribution in [3.05, 3.63) is 65.2 Å². The van der Waals surface area contributed by atoms with Gasteiger partial charge in [0.15, 0.2) is 0 Å². The highest BCUT2D eigenvalue weighted by Crippen LogP contribution is 2.38. The van der Waals surface area contributed by atoms with Gasteiger partial charge in [-0.05, 0) is 43.0 Å². The summed E-state index contributed by atoms with van der Waals surface area (Å²) in [5, 5.41) is 0. The summed E-state index contributed by atoms with van der Waals surface area (Å²) >= 11 is 0. The van der Waals surface area contributed by atoms with E-state index in [0.29, 0.717) is 18.7 Å². The average molecular weight is 434 g/mol. The monoisotopic (exact) mass is 433 g/mol. The zero-order valence-corrected chi connectivity index (χ0v) is 18.5. The van der Waals surface area contributed by atoms with E-state index < -0.39 is 5.91 Å². The minimum Gasteiger partial charge on any atom is -0.367 e. The van der Waals surface area contributed by atoms with Crippen molar-refractivity contribution in [2.45, 2.75) is 50.9 Å². The predicted molar refractivity (Wildman–Crippen MR) is 123 cm³/mol. The van der Waals surface area contributed by atoms with E-state index in [4.69, 9.17) is 10.5 Å². The van der Waals surface area contributed by atoms with Crippen molar-refractivity contribution in [3.8, 4) is 0 Å². The minimum atomic E-state index is -0.407. The number of hydrogen-bond donors (Lipinski definition) is 1. The molecule has 2 fully saturated rings. The molecular weight excluding hydrogens is 402 g/mol. The zero-order chi connectivity index (χ0) is 22.1. The van der Waals surface area contributed by atoms with Crippen LogP contribution in [0.2, 0.25) is 0 Å². The van der Waals surface area contributed by atoms with Crippen LogP contribution in [-0.2, 0) is 22.7 Å². The van der Waals surface area contributed by atoms with Gasteiger partial charge in [0, 0.05) is 42.4 Å². The molecule has 6 heteroatoms. The van der Waals surface area contributed by atoms with Crippen LogP contribution in [0, 0.1) is 5.92 Å². The fraction of sp³-hybridized carbons (Fsp3) is 0.462. The molecule has 6 nitrogen and oxygen atoms in total. The van der Waals surface area contributed by atoms with Crippen molar-refractivity contribution in [1.29, 1.82) is 0 Å². The van der Waals surface area contributed by atoms with E-state index in [9.17, 15) is 9.59 Å². The van der Waals surface area contributed by atoms with Crippen LogP contribution >= 0.6 is 0 Å². The van der Waals surface area contributed by atoms with Crippen LogP contribution in [-0.4, -0.2) is 41.9 Å². The van der Waals surface area contributed by atoms with Gasteiger partial charge in [0.25, 0.3) is 0 Å². The minimum absolute atomic E-state index is 0.132. The SMILES string of the molecule is NC(=O)c1cccc(CN2CCC3(C2)CN(C(=O)C2CCCC2)c2ccccc2CO3)c1. The lowest BCUT2D eigenvalue weighted by molar-refractivity contribution is -0.123. The largest absolute Gasteiger partial charge is 0.367 e. The predicted octanol–water partition coefficient (Wildman–Crippen LogP) is 3.48. The number of nitrogens with zero attached hydrogens (tertiary/aromatic N) is 2. The first-order valence-electron chi connectivity index (χ1n) is 11.7. The van der Waals surface area contributed by atoms with E-state index in [1.165, 1.54) is 0 Å². The number of ether oxygens (including phenoxy) is 1. The Morgan fingerprint density at radius 1 is 1.06 bits per heavy atom. The summed E-state index contributed by atoms with van der Waals surface area (Å²) in [5.41, 5.74) is 8.76. The summed E-state index contributed by atoms with van der Waals surface area (Å²) < 4.78 is 6.54. The normalized spacial score (nSPS) is 23.9. The molecule has 1 aliphatic carbocycles. The smallest absolute Gasteiger partial charge is 0.248 e. The molecule has 2 heterocycles. The first kappa shape index (κ1) is 21.2. The third-order valence-electron chi connectivity index (χ3n) is 7.25. The van der Waals surface area contributed by atoms with Gasteiger partial charge in [-0.1, -0.05) is 43.2 Å². The molecule has 5 rings (SSSR count). The van der Waals surface area contributed by atoms with Crippen molar-refractivity contribution in [2.75, 3.05) is 24.5 Å². The van der Waals surface area contributed by atoms with Gasteiger partial charge in [-0.25, -0.2) is 0 Å². The lowest BCUT2D eigenvalue weighted by Gasteiger charge is -2.34. The Hall–Kier alpha value is -2.70. The van der Waals surface area contributed by atoms with Crippen molar-refractivity contribution in [3.63, 3.8) is 0 Å². The highest BCUT2D eigenvalue weighted by molar-refractivity contribution is 5.96. The highest BCUT2D eigenvalue weighted by atomic mass is 16.5. The van der Waals surface area contributed by atoms with E-state index in [0.717, 1.165) is 68.6 Å². The molecule has 2 amide bonds. The maximum absolute atomic E-state index is 13.5. The van der Waals surface area contributed by atoms with E-state index >= 15 is 0 Å². The number of amides is 2. The molecule has 2 aromatic carbocycles. The van der Waals surface area contributed by atoms with E-state index in [2.05, 4.69) is 17.0 Å². The number of hydrogen-bond acceptors (Lipinski definition) is 4. The summed E-state index contributed by atoms with van der Waals surface area (Å²) in [6.45, 7) is 3.50. The second-order valence-electron chi connectivity index (χ2n) is 9.53. The molecule has 2 aromatic rings. The topological polar surface area (TPSA) is 75.9 Å². The number of fused-ring (bicyclic) bond motifs is 1. The molecule has 0 radical (unpaired) electrons. The third-order valence-corrected chi connectivity index (χ3v) is 7.25. The molecule has 1 atom stereocenters. The van der Waals surface area contributed by atoms with Crippen LogP contribution in [0.3, 0.4) is 0 Å². The Labute approximate surface area is 189 Å². The van der Waals surface area contributed by atoms with Gasteiger partial charge in [0.1, 0.15) is 5.60 Å². The molecule has 2 N–H and O–H groups in total. The third kappa shape index (κ3) is 4.17. The number of nitrogens with two attached hydrogens (primary N) is 1. The lowest BCUT2D eigenvalue weighted by Crippen LogP contribution is -2.49. The van der Waals surface area contributed by atoms with Gasteiger partial charge < -0.3 is 15.4 Å². The van der Waals surface area contributed by atoms with Crippen LogP contribution in [0.1, 0.15) is 53.6 Å². The Bertz CT molecular complexity index is 1020. The Kier molecular flexibility index (Phi) is 5.74. The maximum atomic E-state index is 13.5. The van der Waals surface area contributed by atoms with Crippen molar-refractivity contribution in [2.24, 2.45) is 11.7 Å². The van der Waals surface area contributed by atoms with Gasteiger partial charge in [0.05, 0.1) is 13.2 Å². The average Bonchev–Trinajstić information content (AvgIpc) is 3.44. The summed E-state index contributed by atoms with van der Waals surface area (Å²) in [4.78, 5) is 29.5. The van der Waals surface area contributed by atoms with Crippen LogP contribution in [0.5, 0.6) is 0 Å². The molecule has 0 aromatic heterocycles. The van der Waals surface area contributed by atoms with Gasteiger partial charge in [0.2, 0.25) is 11.8 Å². The molecule has 168 valence electrons. The Morgan fingerprint density at radius 3 is 2.69 bits per heavy atom. The number of likely N-dealkylation sites (tertiary alicyclic amines) is 1. The Morgan fingerprint density at radius 2 is 1.88 bits per heavy atom. The number of carbonyl (C=O) groups is 2. The quantitative estimate of drug-likeness (QED) is 0.801. The molecule has 1 unspecified atom stereocenters. The molecular formula is C26H31N3O3. The van der Waals surface area contributed by atoms with E-state index in [1.807, 2.05) is 35.2 Å². The summed E-state index contributed by atoms with van der Waals surface area (Å²) in [6.07, 6.45) is 5.16. The van der Waals surface area contributed by atoms with Crippen LogP contribution in [0.4, 0.5) is 5.69 Å². The molecule has 2 aliphatic heterocycles. The summed E-state index contributed by atoms with van der Waals surface area (Å²) in [5.74, 6) is -0.0182. The first-order chi connectivity index (χ1) is 15.5. The number of primary amides is 1. The first-order valence-corrected chi connectivity index (χ1v) is 11.7. The van der Waals surface area contributed by atoms with Crippen LogP contribution < -0.4 is 10.6 Å². The molecule has 3 aliphatic rings. The van der Waals surface area contributed by atoms with Gasteiger partial charge >= 0.3 is 0 Å².